The Balaban J connectivity index is 2.00. The van der Waals surface area contributed by atoms with Crippen molar-refractivity contribution in [1.82, 2.24) is 4.72 Å². The van der Waals surface area contributed by atoms with Gasteiger partial charge in [0.25, 0.3) is 0 Å². The molecule has 7 heteroatoms. The summed E-state index contributed by atoms with van der Waals surface area (Å²) < 4.78 is 27.0. The number of nitrogens with two attached hydrogens (primary N) is 1. The molecule has 1 aliphatic rings. The highest BCUT2D eigenvalue weighted by Crippen LogP contribution is 2.26. The monoisotopic (exact) mass is 318 g/mol. The molecule has 112 valence electrons. The molecule has 0 atom stereocenters. The van der Waals surface area contributed by atoms with Gasteiger partial charge in [-0.15, -0.1) is 0 Å². The zero-order valence-electron chi connectivity index (χ0n) is 11.0. The van der Waals surface area contributed by atoms with Crippen molar-refractivity contribution >= 4 is 27.3 Å². The Morgan fingerprint density at radius 1 is 1.30 bits per heavy atom. The van der Waals surface area contributed by atoms with E-state index >= 15 is 0 Å². The molecule has 0 spiro atoms. The molecule has 0 heterocycles. The SMILES string of the molecule is Nc1ccc(S(=O)(=O)NCC2CCC(O)CC2)c(Cl)c1. The molecule has 0 bridgehead atoms. The van der Waals surface area contributed by atoms with Gasteiger partial charge in [-0.3, -0.25) is 0 Å². The summed E-state index contributed by atoms with van der Waals surface area (Å²) >= 11 is 5.92. The first-order valence-electron chi connectivity index (χ1n) is 6.61. The third-order valence-corrected chi connectivity index (χ3v) is 5.53. The van der Waals surface area contributed by atoms with Gasteiger partial charge in [-0.05, 0) is 49.8 Å². The van der Waals surface area contributed by atoms with Gasteiger partial charge in [0.15, 0.2) is 0 Å². The van der Waals surface area contributed by atoms with Crippen LogP contribution >= 0.6 is 11.6 Å². The zero-order valence-corrected chi connectivity index (χ0v) is 12.6. The summed E-state index contributed by atoms with van der Waals surface area (Å²) in [5, 5.41) is 9.55. The third kappa shape index (κ3) is 3.85. The number of hydrogen-bond donors (Lipinski definition) is 3. The fraction of sp³-hybridized carbons (Fsp3) is 0.538. The maximum Gasteiger partial charge on any atom is 0.242 e. The van der Waals surface area contributed by atoms with Crippen LogP contribution in [0.25, 0.3) is 0 Å². The number of halogens is 1. The summed E-state index contributed by atoms with van der Waals surface area (Å²) in [5.74, 6) is 0.265. The van der Waals surface area contributed by atoms with Crippen molar-refractivity contribution in [3.8, 4) is 0 Å². The maximum absolute atomic E-state index is 12.2. The number of aliphatic hydroxyl groups is 1. The van der Waals surface area contributed by atoms with Crippen molar-refractivity contribution < 1.29 is 13.5 Å². The van der Waals surface area contributed by atoms with Gasteiger partial charge in [0.05, 0.1) is 11.1 Å². The lowest BCUT2D eigenvalue weighted by molar-refractivity contribution is 0.109. The number of hydrogen-bond acceptors (Lipinski definition) is 4. The smallest absolute Gasteiger partial charge is 0.242 e. The Labute approximate surface area is 124 Å². The number of rotatable bonds is 4. The number of aliphatic hydroxyl groups excluding tert-OH is 1. The average molecular weight is 319 g/mol. The van der Waals surface area contributed by atoms with Crippen LogP contribution in [0.2, 0.25) is 5.02 Å². The highest BCUT2D eigenvalue weighted by atomic mass is 35.5. The molecule has 0 saturated heterocycles. The summed E-state index contributed by atoms with van der Waals surface area (Å²) in [6.07, 6.45) is 2.89. The lowest BCUT2D eigenvalue weighted by Crippen LogP contribution is -2.32. The number of anilines is 1. The zero-order chi connectivity index (χ0) is 14.8. The Hall–Kier alpha value is -0.820. The molecule has 0 radical (unpaired) electrons. The van der Waals surface area contributed by atoms with Crippen LogP contribution in [0.1, 0.15) is 25.7 Å². The summed E-state index contributed by atoms with van der Waals surface area (Å²) in [5.41, 5.74) is 5.98. The molecule has 20 heavy (non-hydrogen) atoms. The summed E-state index contributed by atoms with van der Waals surface area (Å²) in [7, 11) is -3.62. The highest BCUT2D eigenvalue weighted by molar-refractivity contribution is 7.89. The van der Waals surface area contributed by atoms with Crippen LogP contribution in [0, 0.1) is 5.92 Å². The van der Waals surface area contributed by atoms with Gasteiger partial charge in [0.1, 0.15) is 4.90 Å². The minimum Gasteiger partial charge on any atom is -0.399 e. The second-order valence-corrected chi connectivity index (χ2v) is 7.36. The van der Waals surface area contributed by atoms with E-state index in [1.165, 1.54) is 18.2 Å². The molecule has 1 aromatic rings. The van der Waals surface area contributed by atoms with E-state index in [0.29, 0.717) is 12.2 Å². The Morgan fingerprint density at radius 3 is 2.55 bits per heavy atom. The van der Waals surface area contributed by atoms with Gasteiger partial charge in [-0.25, -0.2) is 13.1 Å². The lowest BCUT2D eigenvalue weighted by Gasteiger charge is -2.25. The van der Waals surface area contributed by atoms with Gasteiger partial charge in [0, 0.05) is 12.2 Å². The van der Waals surface area contributed by atoms with Crippen molar-refractivity contribution in [1.29, 1.82) is 0 Å². The Kier molecular flexibility index (Phi) is 4.90. The van der Waals surface area contributed by atoms with Crippen molar-refractivity contribution in [3.63, 3.8) is 0 Å². The minimum absolute atomic E-state index is 0.0456. The van der Waals surface area contributed by atoms with Gasteiger partial charge < -0.3 is 10.8 Å². The Morgan fingerprint density at radius 2 is 1.95 bits per heavy atom. The lowest BCUT2D eigenvalue weighted by atomic mass is 9.88. The topological polar surface area (TPSA) is 92.4 Å². The van der Waals surface area contributed by atoms with Crippen LogP contribution in [-0.4, -0.2) is 26.2 Å². The van der Waals surface area contributed by atoms with Gasteiger partial charge in [-0.2, -0.15) is 0 Å². The van der Waals surface area contributed by atoms with Crippen molar-refractivity contribution in [2.24, 2.45) is 5.92 Å². The number of nitrogens with one attached hydrogen (secondary N) is 1. The van der Waals surface area contributed by atoms with Crippen LogP contribution in [0.4, 0.5) is 5.69 Å². The molecule has 1 saturated carbocycles. The Bertz CT molecular complexity index is 569. The predicted molar refractivity (Wildman–Crippen MR) is 79.0 cm³/mol. The van der Waals surface area contributed by atoms with Crippen LogP contribution in [-0.2, 0) is 10.0 Å². The van der Waals surface area contributed by atoms with E-state index < -0.39 is 10.0 Å². The van der Waals surface area contributed by atoms with Gasteiger partial charge in [-0.1, -0.05) is 11.6 Å². The number of sulfonamides is 1. The number of nitrogen functional groups attached to an aromatic ring is 1. The fourth-order valence-electron chi connectivity index (χ4n) is 2.39. The van der Waals surface area contributed by atoms with Crippen LogP contribution in [0.5, 0.6) is 0 Å². The molecular weight excluding hydrogens is 300 g/mol. The molecule has 0 unspecified atom stereocenters. The van der Waals surface area contributed by atoms with E-state index in [1.807, 2.05) is 0 Å². The molecular formula is C13H19ClN2O3S. The molecule has 0 amide bonds. The van der Waals surface area contributed by atoms with E-state index in [2.05, 4.69) is 4.72 Å². The molecule has 2 rings (SSSR count). The molecule has 1 fully saturated rings. The average Bonchev–Trinajstić information content (AvgIpc) is 2.37. The maximum atomic E-state index is 12.2. The number of benzene rings is 1. The first-order chi connectivity index (χ1) is 9.38. The van der Waals surface area contributed by atoms with Crippen LogP contribution in [0.15, 0.2) is 23.1 Å². The van der Waals surface area contributed by atoms with E-state index in [1.54, 1.807) is 0 Å². The fourth-order valence-corrected chi connectivity index (χ4v) is 4.06. The molecule has 1 aromatic carbocycles. The minimum atomic E-state index is -3.62. The van der Waals surface area contributed by atoms with E-state index in [-0.39, 0.29) is 21.9 Å². The van der Waals surface area contributed by atoms with E-state index in [0.717, 1.165) is 25.7 Å². The second-order valence-electron chi connectivity index (χ2n) is 5.22. The van der Waals surface area contributed by atoms with Crippen LogP contribution in [0.3, 0.4) is 0 Å². The normalized spacial score (nSPS) is 23.7. The second kappa shape index (κ2) is 6.30. The summed E-state index contributed by atoms with van der Waals surface area (Å²) in [6, 6.07) is 4.34. The molecule has 1 aliphatic carbocycles. The first-order valence-corrected chi connectivity index (χ1v) is 8.47. The standard InChI is InChI=1S/C13H19ClN2O3S/c14-12-7-10(15)3-6-13(12)20(18,19)16-8-9-1-4-11(17)5-2-9/h3,6-7,9,11,16-17H,1-2,4-5,8,15H2. The summed E-state index contributed by atoms with van der Waals surface area (Å²) in [4.78, 5) is 0.0456. The van der Waals surface area contributed by atoms with Crippen molar-refractivity contribution in [2.75, 3.05) is 12.3 Å². The first kappa shape index (κ1) is 15.6. The molecule has 4 N–H and O–H groups in total. The predicted octanol–water partition coefficient (Wildman–Crippen LogP) is 1.75. The van der Waals surface area contributed by atoms with E-state index in [4.69, 9.17) is 17.3 Å². The van der Waals surface area contributed by atoms with Gasteiger partial charge >= 0.3 is 0 Å². The van der Waals surface area contributed by atoms with Crippen molar-refractivity contribution in [2.45, 2.75) is 36.7 Å². The van der Waals surface area contributed by atoms with Gasteiger partial charge in [0.2, 0.25) is 10.0 Å². The largest absolute Gasteiger partial charge is 0.399 e. The van der Waals surface area contributed by atoms with E-state index in [9.17, 15) is 13.5 Å². The van der Waals surface area contributed by atoms with Crippen molar-refractivity contribution in [3.05, 3.63) is 23.2 Å². The summed E-state index contributed by atoms with van der Waals surface area (Å²) in [6.45, 7) is 0.371. The molecule has 0 aliphatic heterocycles. The highest BCUT2D eigenvalue weighted by Gasteiger charge is 2.23. The molecule has 0 aromatic heterocycles. The van der Waals surface area contributed by atoms with Crippen LogP contribution < -0.4 is 10.5 Å². The quantitative estimate of drug-likeness (QED) is 0.737. The molecule has 5 nitrogen and oxygen atoms in total. The third-order valence-electron chi connectivity index (χ3n) is 3.62.